The molecule has 2 heterocycles. The van der Waals surface area contributed by atoms with Crippen LogP contribution in [0.15, 0.2) is 54.6 Å². The number of allylic oxidation sites excluding steroid dienone is 1. The van der Waals surface area contributed by atoms with E-state index in [4.69, 9.17) is 4.74 Å². The van der Waals surface area contributed by atoms with Crippen LogP contribution in [0.2, 0.25) is 0 Å². The molecule has 0 aliphatic carbocycles. The van der Waals surface area contributed by atoms with E-state index in [-0.39, 0.29) is 17.5 Å². The summed E-state index contributed by atoms with van der Waals surface area (Å²) in [6.07, 6.45) is 5.77. The van der Waals surface area contributed by atoms with E-state index < -0.39 is 0 Å². The molecule has 0 saturated heterocycles. The molecule has 0 bridgehead atoms. The van der Waals surface area contributed by atoms with Crippen molar-refractivity contribution in [1.29, 1.82) is 0 Å². The molecule has 168 valence electrons. The van der Waals surface area contributed by atoms with Gasteiger partial charge in [-0.1, -0.05) is 17.4 Å². The van der Waals surface area contributed by atoms with E-state index in [0.29, 0.717) is 36.7 Å². The van der Waals surface area contributed by atoms with E-state index >= 15 is 0 Å². The number of ether oxygens (including phenoxy) is 1. The van der Waals surface area contributed by atoms with Crippen LogP contribution in [-0.2, 0) is 6.42 Å². The van der Waals surface area contributed by atoms with Gasteiger partial charge in [-0.3, -0.25) is 9.59 Å². The largest absolute Gasteiger partial charge is 0.491 e. The maximum atomic E-state index is 12.4. The monoisotopic (exact) mass is 453 g/mol. The third-order valence-corrected chi connectivity index (χ3v) is 5.52. The van der Waals surface area contributed by atoms with Gasteiger partial charge in [0.15, 0.2) is 5.69 Å². The summed E-state index contributed by atoms with van der Waals surface area (Å²) in [6.45, 7) is 7.09. The van der Waals surface area contributed by atoms with Crippen LogP contribution in [0.25, 0.3) is 5.69 Å². The Morgan fingerprint density at radius 1 is 1.25 bits per heavy atom. The number of hydrogen-bond acceptors (Lipinski definition) is 6. The van der Waals surface area contributed by atoms with Crippen molar-refractivity contribution >= 4 is 23.2 Å². The van der Waals surface area contributed by atoms with Gasteiger partial charge in [0.05, 0.1) is 12.8 Å². The van der Waals surface area contributed by atoms with Crippen LogP contribution in [-0.4, -0.2) is 46.5 Å². The first-order valence-corrected chi connectivity index (χ1v) is 11.4. The summed E-state index contributed by atoms with van der Waals surface area (Å²) in [5.74, 6) is 0.0203. The Labute approximate surface area is 191 Å². The molecule has 2 aromatic heterocycles. The van der Waals surface area contributed by atoms with Crippen LogP contribution < -0.4 is 15.4 Å². The van der Waals surface area contributed by atoms with E-state index in [0.717, 1.165) is 19.3 Å². The summed E-state index contributed by atoms with van der Waals surface area (Å²) in [7, 11) is 0. The third-order valence-electron chi connectivity index (χ3n) is 4.58. The van der Waals surface area contributed by atoms with Crippen LogP contribution >= 0.6 is 11.3 Å². The Kier molecular flexibility index (Phi) is 8.56. The highest BCUT2D eigenvalue weighted by Gasteiger charge is 2.16. The van der Waals surface area contributed by atoms with Crippen LogP contribution in [0.3, 0.4) is 0 Å². The lowest BCUT2D eigenvalue weighted by Gasteiger charge is -2.12. The van der Waals surface area contributed by atoms with E-state index in [1.165, 1.54) is 9.56 Å². The number of carbonyl (C=O) groups is 2. The van der Waals surface area contributed by atoms with Crippen molar-refractivity contribution in [2.24, 2.45) is 0 Å². The molecule has 0 fully saturated rings. The van der Waals surface area contributed by atoms with Crippen molar-refractivity contribution in [2.75, 3.05) is 19.7 Å². The molecule has 0 radical (unpaired) electrons. The van der Waals surface area contributed by atoms with Gasteiger partial charge in [0.25, 0.3) is 11.8 Å². The molecule has 8 nitrogen and oxygen atoms in total. The number of hydrogen-bond donors (Lipinski definition) is 2. The lowest BCUT2D eigenvalue weighted by molar-refractivity contribution is 0.0943. The standard InChI is InChI=1S/C23H27N5O3S/c1-3-5-6-13-31-21-15-17(22(29)24-4-2)9-10-20(21)28-16-19(26-27-28)23(30)25-12-11-18-8-7-14-32-18/h3,7-10,14-16H,1,4-6,11-13H2,2H3,(H,24,29)(H,25,30). The van der Waals surface area contributed by atoms with Gasteiger partial charge in [-0.05, 0) is 55.8 Å². The number of amides is 2. The molecule has 9 heteroatoms. The third kappa shape index (κ3) is 6.27. The van der Waals surface area contributed by atoms with Gasteiger partial charge < -0.3 is 15.4 Å². The van der Waals surface area contributed by atoms with Gasteiger partial charge in [-0.25, -0.2) is 4.68 Å². The smallest absolute Gasteiger partial charge is 0.273 e. The SMILES string of the molecule is C=CCCCOc1cc(C(=O)NCC)ccc1-n1cc(C(=O)NCCc2cccs2)nn1. The molecular weight excluding hydrogens is 426 g/mol. The van der Waals surface area contributed by atoms with E-state index in [1.54, 1.807) is 35.7 Å². The molecule has 0 spiro atoms. The minimum atomic E-state index is -0.291. The first kappa shape index (κ1) is 23.2. The molecule has 0 aliphatic heterocycles. The highest BCUT2D eigenvalue weighted by Crippen LogP contribution is 2.25. The van der Waals surface area contributed by atoms with Crippen LogP contribution in [0.1, 0.15) is 45.5 Å². The summed E-state index contributed by atoms with van der Waals surface area (Å²) in [5, 5.41) is 15.7. The normalized spacial score (nSPS) is 10.5. The molecule has 0 aliphatic rings. The Balaban J connectivity index is 1.73. The lowest BCUT2D eigenvalue weighted by Crippen LogP contribution is -2.25. The zero-order valence-corrected chi connectivity index (χ0v) is 18.9. The average molecular weight is 454 g/mol. The van der Waals surface area contributed by atoms with Crippen molar-refractivity contribution in [3.63, 3.8) is 0 Å². The number of unbranched alkanes of at least 4 members (excludes halogenated alkanes) is 1. The first-order chi connectivity index (χ1) is 15.6. The summed E-state index contributed by atoms with van der Waals surface area (Å²) >= 11 is 1.66. The summed E-state index contributed by atoms with van der Waals surface area (Å²) in [6, 6.07) is 9.13. The molecule has 3 rings (SSSR count). The van der Waals surface area contributed by atoms with Crippen molar-refractivity contribution in [1.82, 2.24) is 25.6 Å². The summed E-state index contributed by atoms with van der Waals surface area (Å²) in [4.78, 5) is 25.9. The molecule has 2 N–H and O–H groups in total. The zero-order valence-electron chi connectivity index (χ0n) is 18.0. The molecule has 1 aromatic carbocycles. The van der Waals surface area contributed by atoms with Gasteiger partial charge >= 0.3 is 0 Å². The van der Waals surface area contributed by atoms with Gasteiger partial charge in [0.1, 0.15) is 11.4 Å². The fourth-order valence-electron chi connectivity index (χ4n) is 2.96. The second kappa shape index (κ2) is 11.8. The van der Waals surface area contributed by atoms with Crippen LogP contribution in [0, 0.1) is 0 Å². The van der Waals surface area contributed by atoms with Crippen molar-refractivity contribution < 1.29 is 14.3 Å². The van der Waals surface area contributed by atoms with Gasteiger partial charge in [0.2, 0.25) is 0 Å². The second-order valence-corrected chi connectivity index (χ2v) is 7.99. The maximum absolute atomic E-state index is 12.4. The average Bonchev–Trinajstić information content (AvgIpc) is 3.49. The van der Waals surface area contributed by atoms with Gasteiger partial charge in [0, 0.05) is 23.5 Å². The molecule has 0 saturated carbocycles. The van der Waals surface area contributed by atoms with Crippen LogP contribution in [0.4, 0.5) is 0 Å². The number of carbonyl (C=O) groups excluding carboxylic acids is 2. The quantitative estimate of drug-likeness (QED) is 0.324. The predicted octanol–water partition coefficient (Wildman–Crippen LogP) is 3.40. The highest BCUT2D eigenvalue weighted by atomic mass is 32.1. The summed E-state index contributed by atoms with van der Waals surface area (Å²) in [5.41, 5.74) is 1.30. The lowest BCUT2D eigenvalue weighted by atomic mass is 10.1. The van der Waals surface area contributed by atoms with Crippen molar-refractivity contribution in [3.05, 3.63) is 70.7 Å². The zero-order chi connectivity index (χ0) is 22.8. The Morgan fingerprint density at radius 3 is 2.88 bits per heavy atom. The van der Waals surface area contributed by atoms with Crippen LogP contribution in [0.5, 0.6) is 5.75 Å². The number of thiophene rings is 1. The number of nitrogens with zero attached hydrogens (tertiary/aromatic N) is 3. The van der Waals surface area contributed by atoms with Gasteiger partial charge in [-0.2, -0.15) is 0 Å². The summed E-state index contributed by atoms with van der Waals surface area (Å²) < 4.78 is 7.41. The van der Waals surface area contributed by atoms with Gasteiger partial charge in [-0.15, -0.1) is 23.0 Å². The Morgan fingerprint density at radius 2 is 2.12 bits per heavy atom. The number of benzene rings is 1. The molecule has 2 amide bonds. The van der Waals surface area contributed by atoms with Crippen molar-refractivity contribution in [3.8, 4) is 11.4 Å². The fourth-order valence-corrected chi connectivity index (χ4v) is 3.67. The number of aromatic nitrogens is 3. The molecule has 0 unspecified atom stereocenters. The Hall–Kier alpha value is -3.46. The molecule has 0 atom stereocenters. The second-order valence-electron chi connectivity index (χ2n) is 6.95. The van der Waals surface area contributed by atoms with E-state index in [2.05, 4.69) is 27.5 Å². The predicted molar refractivity (Wildman–Crippen MR) is 125 cm³/mol. The minimum Gasteiger partial charge on any atom is -0.491 e. The number of rotatable bonds is 12. The maximum Gasteiger partial charge on any atom is 0.273 e. The molecular formula is C23H27N5O3S. The van der Waals surface area contributed by atoms with Crippen molar-refractivity contribution in [2.45, 2.75) is 26.2 Å². The van der Waals surface area contributed by atoms with E-state index in [9.17, 15) is 9.59 Å². The molecule has 32 heavy (non-hydrogen) atoms. The fraction of sp³-hybridized carbons (Fsp3) is 0.304. The topological polar surface area (TPSA) is 98.1 Å². The highest BCUT2D eigenvalue weighted by molar-refractivity contribution is 7.09. The minimum absolute atomic E-state index is 0.181. The molecule has 3 aromatic rings. The van der Waals surface area contributed by atoms with E-state index in [1.807, 2.05) is 30.5 Å². The Bertz CT molecular complexity index is 1050. The number of nitrogens with one attached hydrogen (secondary N) is 2. The first-order valence-electron chi connectivity index (χ1n) is 10.5.